The second-order valence-electron chi connectivity index (χ2n) is 7.80. The molecule has 1 aromatic carbocycles. The molecule has 0 saturated carbocycles. The number of thioether (sulfide) groups is 1. The van der Waals surface area contributed by atoms with Crippen LogP contribution in [0, 0.1) is 5.92 Å². The highest BCUT2D eigenvalue weighted by molar-refractivity contribution is 8.01. The fraction of sp³-hybridized carbons (Fsp3) is 0.526. The zero-order valence-corrected chi connectivity index (χ0v) is 16.2. The molecule has 0 unspecified atom stereocenters. The fourth-order valence-electron chi connectivity index (χ4n) is 3.75. The minimum absolute atomic E-state index is 0.132. The number of rotatable bonds is 5. The summed E-state index contributed by atoms with van der Waals surface area (Å²) >= 11 is 1.57. The molecule has 0 bridgehead atoms. The highest BCUT2D eigenvalue weighted by Crippen LogP contribution is 2.56. The van der Waals surface area contributed by atoms with E-state index in [0.29, 0.717) is 12.0 Å². The number of amides is 2. The van der Waals surface area contributed by atoms with Crippen molar-refractivity contribution in [1.29, 1.82) is 0 Å². The lowest BCUT2D eigenvalue weighted by atomic mass is 9.98. The summed E-state index contributed by atoms with van der Waals surface area (Å²) in [4.78, 5) is 39.0. The molecule has 2 aliphatic heterocycles. The number of benzene rings is 1. The molecule has 3 rings (SSSR count). The Balaban J connectivity index is 1.88. The van der Waals surface area contributed by atoms with Crippen LogP contribution in [0.3, 0.4) is 0 Å². The third-order valence-electron chi connectivity index (χ3n) is 4.87. The summed E-state index contributed by atoms with van der Waals surface area (Å²) in [7, 11) is 0. The van der Waals surface area contributed by atoms with Crippen LogP contribution in [0.25, 0.3) is 0 Å². The van der Waals surface area contributed by atoms with Gasteiger partial charge in [0.1, 0.15) is 17.5 Å². The molecule has 2 aliphatic rings. The van der Waals surface area contributed by atoms with Crippen molar-refractivity contribution in [2.45, 2.75) is 56.3 Å². The number of carboxylic acids is 1. The van der Waals surface area contributed by atoms with Gasteiger partial charge < -0.3 is 15.3 Å². The molecule has 140 valence electrons. The van der Waals surface area contributed by atoms with E-state index >= 15 is 0 Å². The molecule has 0 aromatic heterocycles. The molecule has 0 aliphatic carbocycles. The van der Waals surface area contributed by atoms with Crippen LogP contribution in [0.5, 0.6) is 0 Å². The summed E-state index contributed by atoms with van der Waals surface area (Å²) in [5.74, 6) is -1.49. The first-order valence-corrected chi connectivity index (χ1v) is 9.64. The Morgan fingerprint density at radius 1 is 1.31 bits per heavy atom. The Labute approximate surface area is 157 Å². The maximum Gasteiger partial charge on any atom is 0.326 e. The predicted molar refractivity (Wildman–Crippen MR) is 99.8 cm³/mol. The van der Waals surface area contributed by atoms with Gasteiger partial charge in [-0.3, -0.25) is 9.59 Å². The average Bonchev–Trinajstić information content (AvgIpc) is 2.97. The van der Waals surface area contributed by atoms with Gasteiger partial charge >= 0.3 is 5.97 Å². The van der Waals surface area contributed by atoms with E-state index in [4.69, 9.17) is 0 Å². The van der Waals surface area contributed by atoms with Crippen LogP contribution in [0.1, 0.15) is 55.4 Å². The lowest BCUT2D eigenvalue weighted by Crippen LogP contribution is -2.55. The van der Waals surface area contributed by atoms with Crippen molar-refractivity contribution >= 4 is 29.5 Å². The zero-order valence-electron chi connectivity index (χ0n) is 15.4. The number of carbonyl (C=O) groups excluding carboxylic acids is 2. The predicted octanol–water partition coefficient (Wildman–Crippen LogP) is 2.65. The van der Waals surface area contributed by atoms with Crippen LogP contribution >= 0.6 is 11.8 Å². The molecule has 26 heavy (non-hydrogen) atoms. The van der Waals surface area contributed by atoms with Crippen LogP contribution in [-0.4, -0.2) is 44.6 Å². The van der Waals surface area contributed by atoms with Crippen LogP contribution in [0.4, 0.5) is 0 Å². The third kappa shape index (κ3) is 3.09. The van der Waals surface area contributed by atoms with Gasteiger partial charge in [0.05, 0.1) is 0 Å². The SMILES string of the molecule is CC(C)C[C@@H](NC(=O)[C@H]1N2C(=O)c3ccccc3[C@@H]2SC1(C)C)C(=O)O. The molecule has 2 heterocycles. The average molecular weight is 376 g/mol. The van der Waals surface area contributed by atoms with Crippen molar-refractivity contribution in [2.24, 2.45) is 5.92 Å². The molecule has 2 amide bonds. The number of fused-ring (bicyclic) bond motifs is 3. The molecular weight excluding hydrogens is 352 g/mol. The van der Waals surface area contributed by atoms with E-state index in [0.717, 1.165) is 5.56 Å². The topological polar surface area (TPSA) is 86.7 Å². The molecule has 1 aromatic rings. The number of nitrogens with one attached hydrogen (secondary N) is 1. The molecule has 2 N–H and O–H groups in total. The Bertz CT molecular complexity index is 762. The van der Waals surface area contributed by atoms with E-state index < -0.39 is 28.7 Å². The normalized spacial score (nSPS) is 24.3. The van der Waals surface area contributed by atoms with Gasteiger partial charge in [0.25, 0.3) is 5.91 Å². The number of aliphatic carboxylic acids is 1. The van der Waals surface area contributed by atoms with Gasteiger partial charge in [0.15, 0.2) is 0 Å². The molecular formula is C19H24N2O4S. The van der Waals surface area contributed by atoms with E-state index in [1.165, 1.54) is 0 Å². The minimum atomic E-state index is -1.05. The van der Waals surface area contributed by atoms with E-state index in [1.54, 1.807) is 22.7 Å². The Morgan fingerprint density at radius 2 is 1.96 bits per heavy atom. The quantitative estimate of drug-likeness (QED) is 0.825. The summed E-state index contributed by atoms with van der Waals surface area (Å²) in [5, 5.41) is 11.9. The van der Waals surface area contributed by atoms with Crippen molar-refractivity contribution < 1.29 is 19.5 Å². The van der Waals surface area contributed by atoms with Gasteiger partial charge in [-0.05, 0) is 37.8 Å². The maximum absolute atomic E-state index is 13.0. The molecule has 0 radical (unpaired) electrons. The Hall–Kier alpha value is -2.02. The number of carbonyl (C=O) groups is 3. The van der Waals surface area contributed by atoms with Crippen LogP contribution in [0.2, 0.25) is 0 Å². The van der Waals surface area contributed by atoms with Gasteiger partial charge in [-0.1, -0.05) is 32.0 Å². The van der Waals surface area contributed by atoms with Gasteiger partial charge in [-0.2, -0.15) is 0 Å². The zero-order chi connectivity index (χ0) is 19.2. The van der Waals surface area contributed by atoms with Crippen LogP contribution in [-0.2, 0) is 9.59 Å². The second-order valence-corrected chi connectivity index (χ2v) is 9.54. The first kappa shape index (κ1) is 18.8. The number of nitrogens with zero attached hydrogens (tertiary/aromatic N) is 1. The molecule has 1 saturated heterocycles. The van der Waals surface area contributed by atoms with Crippen molar-refractivity contribution in [1.82, 2.24) is 10.2 Å². The number of carboxylic acid groups (broad SMARTS) is 1. The second kappa shape index (κ2) is 6.61. The van der Waals surface area contributed by atoms with Crippen molar-refractivity contribution in [2.75, 3.05) is 0 Å². The summed E-state index contributed by atoms with van der Waals surface area (Å²) < 4.78 is -0.515. The van der Waals surface area contributed by atoms with Crippen LogP contribution in [0.15, 0.2) is 24.3 Å². The van der Waals surface area contributed by atoms with Crippen LogP contribution < -0.4 is 5.32 Å². The van der Waals surface area contributed by atoms with Crippen molar-refractivity contribution in [3.8, 4) is 0 Å². The monoisotopic (exact) mass is 376 g/mol. The lowest BCUT2D eigenvalue weighted by molar-refractivity contribution is -0.143. The summed E-state index contributed by atoms with van der Waals surface area (Å²) in [6, 6.07) is 5.72. The van der Waals surface area contributed by atoms with Gasteiger partial charge in [-0.25, -0.2) is 4.79 Å². The van der Waals surface area contributed by atoms with Gasteiger partial charge in [0, 0.05) is 10.3 Å². The molecule has 7 heteroatoms. The van der Waals surface area contributed by atoms with E-state index in [1.807, 2.05) is 45.9 Å². The smallest absolute Gasteiger partial charge is 0.326 e. The molecule has 6 nitrogen and oxygen atoms in total. The third-order valence-corrected chi connectivity index (χ3v) is 6.40. The number of hydrogen-bond acceptors (Lipinski definition) is 4. The number of hydrogen-bond donors (Lipinski definition) is 2. The lowest BCUT2D eigenvalue weighted by Gasteiger charge is -2.30. The first-order chi connectivity index (χ1) is 12.1. The summed E-state index contributed by atoms with van der Waals surface area (Å²) in [6.45, 7) is 7.67. The molecule has 1 fully saturated rings. The molecule has 0 spiro atoms. The largest absolute Gasteiger partial charge is 0.480 e. The Morgan fingerprint density at radius 3 is 2.58 bits per heavy atom. The Kier molecular flexibility index (Phi) is 4.77. The van der Waals surface area contributed by atoms with Gasteiger partial charge in [0.2, 0.25) is 5.91 Å². The summed E-state index contributed by atoms with van der Waals surface area (Å²) in [5.41, 5.74) is 1.54. The first-order valence-electron chi connectivity index (χ1n) is 8.76. The standard InChI is InChI=1S/C19H24N2O4S/c1-10(2)9-13(18(24)25)20-15(22)14-19(3,4)26-17-12-8-6-5-7-11(12)16(23)21(14)17/h5-8,10,13-14,17H,9H2,1-4H3,(H,20,22)(H,24,25)/t13-,14-,17+/m1/s1. The minimum Gasteiger partial charge on any atom is -0.480 e. The highest BCUT2D eigenvalue weighted by atomic mass is 32.2. The fourth-order valence-corrected chi connectivity index (χ4v) is 5.34. The maximum atomic E-state index is 13.0. The highest BCUT2D eigenvalue weighted by Gasteiger charge is 2.57. The summed E-state index contributed by atoms with van der Waals surface area (Å²) in [6.07, 6.45) is 0.346. The van der Waals surface area contributed by atoms with Crippen molar-refractivity contribution in [3.63, 3.8) is 0 Å². The van der Waals surface area contributed by atoms with E-state index in [2.05, 4.69) is 5.32 Å². The van der Waals surface area contributed by atoms with Crippen molar-refractivity contribution in [3.05, 3.63) is 35.4 Å². The van der Waals surface area contributed by atoms with E-state index in [-0.39, 0.29) is 17.2 Å². The van der Waals surface area contributed by atoms with E-state index in [9.17, 15) is 19.5 Å². The molecule has 3 atom stereocenters. The van der Waals surface area contributed by atoms with Gasteiger partial charge in [-0.15, -0.1) is 11.8 Å².